The van der Waals surface area contributed by atoms with Gasteiger partial charge in [-0.25, -0.2) is 10.5 Å². The molecular formula is C16H13N5O2. The van der Waals surface area contributed by atoms with Gasteiger partial charge in [-0.2, -0.15) is 10.2 Å². The number of amides is 1. The maximum Gasteiger partial charge on any atom is 0.292 e. The first-order chi connectivity index (χ1) is 11.2. The molecule has 3 rings (SSSR count). The average Bonchev–Trinajstić information content (AvgIpc) is 2.60. The van der Waals surface area contributed by atoms with Gasteiger partial charge in [0.25, 0.3) is 11.5 Å². The Bertz CT molecular complexity index is 947. The average molecular weight is 307 g/mol. The van der Waals surface area contributed by atoms with Crippen LogP contribution in [0.1, 0.15) is 23.1 Å². The van der Waals surface area contributed by atoms with Crippen molar-refractivity contribution in [3.05, 3.63) is 70.4 Å². The van der Waals surface area contributed by atoms with Gasteiger partial charge in [0.15, 0.2) is 5.69 Å². The van der Waals surface area contributed by atoms with Gasteiger partial charge < -0.3 is 0 Å². The number of H-pyrrole nitrogens is 1. The molecule has 23 heavy (non-hydrogen) atoms. The topological polar surface area (TPSA) is 100 Å². The number of hydrazone groups is 1. The van der Waals surface area contributed by atoms with E-state index < -0.39 is 5.91 Å². The highest BCUT2D eigenvalue weighted by atomic mass is 16.2. The molecule has 1 aromatic carbocycles. The van der Waals surface area contributed by atoms with Crippen LogP contribution in [0.2, 0.25) is 0 Å². The minimum Gasteiger partial charge on any atom is -0.267 e. The number of hydrogen-bond acceptors (Lipinski definition) is 5. The van der Waals surface area contributed by atoms with E-state index in [1.54, 1.807) is 49.5 Å². The monoisotopic (exact) mass is 307 g/mol. The molecule has 0 unspecified atom stereocenters. The molecule has 0 aliphatic rings. The molecule has 0 aliphatic carbocycles. The summed E-state index contributed by atoms with van der Waals surface area (Å²) in [5.74, 6) is -0.507. The molecule has 0 saturated carbocycles. The molecule has 2 aromatic heterocycles. The van der Waals surface area contributed by atoms with Crippen LogP contribution in [0.15, 0.2) is 58.6 Å². The molecule has 2 N–H and O–H groups in total. The van der Waals surface area contributed by atoms with Crippen LogP contribution in [0.5, 0.6) is 0 Å². The minimum absolute atomic E-state index is 0.109. The number of aromatic nitrogens is 3. The van der Waals surface area contributed by atoms with Crippen LogP contribution >= 0.6 is 0 Å². The van der Waals surface area contributed by atoms with Crippen molar-refractivity contribution in [2.75, 3.05) is 0 Å². The fraction of sp³-hybridized carbons (Fsp3) is 0.0625. The Morgan fingerprint density at radius 1 is 1.13 bits per heavy atom. The Kier molecular flexibility index (Phi) is 3.92. The first-order valence-electron chi connectivity index (χ1n) is 6.90. The van der Waals surface area contributed by atoms with Gasteiger partial charge >= 0.3 is 0 Å². The van der Waals surface area contributed by atoms with Crippen molar-refractivity contribution in [1.29, 1.82) is 0 Å². The maximum absolute atomic E-state index is 12.3. The van der Waals surface area contributed by atoms with E-state index in [0.717, 1.165) is 0 Å². The lowest BCUT2D eigenvalue weighted by Gasteiger charge is -2.04. The first-order valence-corrected chi connectivity index (χ1v) is 6.90. The van der Waals surface area contributed by atoms with E-state index in [1.165, 1.54) is 0 Å². The number of pyridine rings is 1. The smallest absolute Gasteiger partial charge is 0.267 e. The summed E-state index contributed by atoms with van der Waals surface area (Å²) in [5.41, 5.74) is 3.42. The van der Waals surface area contributed by atoms with Crippen molar-refractivity contribution in [3.8, 4) is 0 Å². The zero-order valence-electron chi connectivity index (χ0n) is 12.3. The number of fused-ring (bicyclic) bond motifs is 1. The van der Waals surface area contributed by atoms with Gasteiger partial charge in [-0.1, -0.05) is 24.3 Å². The third-order valence-electron chi connectivity index (χ3n) is 3.27. The van der Waals surface area contributed by atoms with Crippen molar-refractivity contribution in [2.45, 2.75) is 6.92 Å². The summed E-state index contributed by atoms with van der Waals surface area (Å²) in [6, 6.07) is 12.2. The molecule has 1 amide bonds. The highest BCUT2D eigenvalue weighted by Gasteiger charge is 2.13. The van der Waals surface area contributed by atoms with E-state index >= 15 is 0 Å². The van der Waals surface area contributed by atoms with E-state index in [2.05, 4.69) is 25.7 Å². The second-order valence-corrected chi connectivity index (χ2v) is 4.80. The first kappa shape index (κ1) is 14.6. The molecule has 0 fully saturated rings. The number of benzene rings is 1. The Balaban J connectivity index is 1.90. The van der Waals surface area contributed by atoms with Crippen LogP contribution in [0.4, 0.5) is 0 Å². The fourth-order valence-electron chi connectivity index (χ4n) is 2.11. The van der Waals surface area contributed by atoms with Gasteiger partial charge in [0.1, 0.15) is 0 Å². The molecule has 0 aliphatic heterocycles. The molecule has 7 nitrogen and oxygen atoms in total. The summed E-state index contributed by atoms with van der Waals surface area (Å²) in [6.07, 6.45) is 1.65. The van der Waals surface area contributed by atoms with Gasteiger partial charge in [-0.15, -0.1) is 0 Å². The van der Waals surface area contributed by atoms with E-state index in [0.29, 0.717) is 22.2 Å². The number of nitrogens with zero attached hydrogens (tertiary/aromatic N) is 3. The second kappa shape index (κ2) is 6.18. The third kappa shape index (κ3) is 2.98. The third-order valence-corrected chi connectivity index (χ3v) is 3.27. The summed E-state index contributed by atoms with van der Waals surface area (Å²) in [7, 11) is 0. The van der Waals surface area contributed by atoms with Gasteiger partial charge in [0.2, 0.25) is 0 Å². The molecule has 0 radical (unpaired) electrons. The van der Waals surface area contributed by atoms with Crippen LogP contribution < -0.4 is 11.0 Å². The molecule has 2 heterocycles. The Labute approximate surface area is 131 Å². The summed E-state index contributed by atoms with van der Waals surface area (Å²) >= 11 is 0. The normalized spacial score (nSPS) is 11.4. The number of carbonyl (C=O) groups is 1. The lowest BCUT2D eigenvalue weighted by Crippen LogP contribution is -2.23. The quantitative estimate of drug-likeness (QED) is 0.565. The van der Waals surface area contributed by atoms with Gasteiger partial charge in [-0.05, 0) is 25.1 Å². The number of aromatic amines is 1. The fourth-order valence-corrected chi connectivity index (χ4v) is 2.11. The summed E-state index contributed by atoms with van der Waals surface area (Å²) in [4.78, 5) is 28.1. The van der Waals surface area contributed by atoms with Crippen LogP contribution in [-0.4, -0.2) is 26.8 Å². The van der Waals surface area contributed by atoms with Crippen molar-refractivity contribution in [1.82, 2.24) is 20.6 Å². The predicted octanol–water partition coefficient (Wildman–Crippen LogP) is 1.47. The van der Waals surface area contributed by atoms with Crippen molar-refractivity contribution >= 4 is 22.4 Å². The maximum atomic E-state index is 12.3. The van der Waals surface area contributed by atoms with Crippen LogP contribution in [-0.2, 0) is 0 Å². The Hall–Kier alpha value is -3.35. The number of carbonyl (C=O) groups excluding carboxylic acids is 1. The number of nitrogens with one attached hydrogen (secondary N) is 2. The lowest BCUT2D eigenvalue weighted by molar-refractivity contribution is 0.0950. The molecular weight excluding hydrogens is 294 g/mol. The molecule has 0 saturated heterocycles. The SMILES string of the molecule is C/C(=N\NC(=O)c1n[nH]c(=O)c2ccccc12)c1ccccn1. The van der Waals surface area contributed by atoms with E-state index in [1.807, 2.05) is 6.07 Å². The second-order valence-electron chi connectivity index (χ2n) is 4.80. The van der Waals surface area contributed by atoms with E-state index in [-0.39, 0.29) is 11.3 Å². The number of rotatable bonds is 3. The molecule has 114 valence electrons. The van der Waals surface area contributed by atoms with Crippen LogP contribution in [0.3, 0.4) is 0 Å². The van der Waals surface area contributed by atoms with Crippen molar-refractivity contribution in [3.63, 3.8) is 0 Å². The van der Waals surface area contributed by atoms with Gasteiger partial charge in [-0.3, -0.25) is 14.6 Å². The van der Waals surface area contributed by atoms with Gasteiger partial charge in [0, 0.05) is 11.6 Å². The summed E-state index contributed by atoms with van der Waals surface area (Å²) in [6.45, 7) is 1.74. The molecule has 0 bridgehead atoms. The zero-order valence-corrected chi connectivity index (χ0v) is 12.3. The molecule has 3 aromatic rings. The lowest BCUT2D eigenvalue weighted by atomic mass is 10.1. The van der Waals surface area contributed by atoms with Gasteiger partial charge in [0.05, 0.1) is 16.8 Å². The van der Waals surface area contributed by atoms with E-state index in [9.17, 15) is 9.59 Å². The van der Waals surface area contributed by atoms with Crippen molar-refractivity contribution in [2.24, 2.45) is 5.10 Å². The largest absolute Gasteiger partial charge is 0.292 e. The van der Waals surface area contributed by atoms with Crippen LogP contribution in [0.25, 0.3) is 10.8 Å². The highest BCUT2D eigenvalue weighted by Crippen LogP contribution is 2.12. The molecule has 7 heteroatoms. The summed E-state index contributed by atoms with van der Waals surface area (Å²) in [5, 5.41) is 11.0. The highest BCUT2D eigenvalue weighted by molar-refractivity contribution is 6.05. The van der Waals surface area contributed by atoms with Crippen molar-refractivity contribution < 1.29 is 4.79 Å². The Morgan fingerprint density at radius 3 is 2.61 bits per heavy atom. The Morgan fingerprint density at radius 2 is 1.87 bits per heavy atom. The van der Waals surface area contributed by atoms with Crippen LogP contribution in [0, 0.1) is 0 Å². The number of hydrogen-bond donors (Lipinski definition) is 2. The minimum atomic E-state index is -0.507. The molecule has 0 spiro atoms. The zero-order chi connectivity index (χ0) is 16.2. The molecule has 0 atom stereocenters. The predicted molar refractivity (Wildman–Crippen MR) is 86.3 cm³/mol. The standard InChI is InChI=1S/C16H13N5O2/c1-10(13-8-4-5-9-17-13)18-21-16(23)14-11-6-2-3-7-12(11)15(22)20-19-14/h2-9H,1H3,(H,20,22)(H,21,23)/b18-10+. The summed E-state index contributed by atoms with van der Waals surface area (Å²) < 4.78 is 0. The van der Waals surface area contributed by atoms with E-state index in [4.69, 9.17) is 0 Å².